The smallest absolute Gasteiger partial charge is 0.234 e. The number of azo groups is 1. The molecule has 0 saturated heterocycles. The van der Waals surface area contributed by atoms with E-state index in [2.05, 4.69) is 31.1 Å². The van der Waals surface area contributed by atoms with Crippen LogP contribution in [0.25, 0.3) is 10.9 Å². The number of primary sulfonamides is 1. The van der Waals surface area contributed by atoms with Crippen molar-refractivity contribution in [2.75, 3.05) is 0 Å². The Balaban J connectivity index is 1.91. The zero-order valence-corrected chi connectivity index (χ0v) is 14.2. The fraction of sp³-hybridized carbons (Fsp3) is 0.143. The summed E-state index contributed by atoms with van der Waals surface area (Å²) in [7, 11) is -3.65. The van der Waals surface area contributed by atoms with E-state index in [1.807, 2.05) is 18.2 Å². The molecule has 7 nitrogen and oxygen atoms in total. The zero-order valence-electron chi connectivity index (χ0n) is 11.8. The number of allylic oxidation sites excluding steroid dienone is 4. The van der Waals surface area contributed by atoms with Crippen molar-refractivity contribution in [2.45, 2.75) is 12.8 Å². The molecule has 0 spiro atoms. The summed E-state index contributed by atoms with van der Waals surface area (Å²) in [6, 6.07) is 5.49. The Bertz CT molecular complexity index is 973. The van der Waals surface area contributed by atoms with Gasteiger partial charge in [0.1, 0.15) is 0 Å². The third-order valence-corrected chi connectivity index (χ3v) is 5.01. The Morgan fingerprint density at radius 1 is 1.22 bits per heavy atom. The molecule has 1 aromatic carbocycles. The van der Waals surface area contributed by atoms with Crippen LogP contribution in [0, 0.1) is 0 Å². The number of nitrogens with zero attached hydrogens (tertiary/aromatic N) is 2. The Labute approximate surface area is 140 Å². The zero-order chi connectivity index (χ0) is 16.6. The number of aromatic amines is 1. The van der Waals surface area contributed by atoms with Crippen LogP contribution in [0.15, 0.2) is 55.7 Å². The van der Waals surface area contributed by atoms with Gasteiger partial charge in [-0.05, 0) is 43.2 Å². The minimum absolute atomic E-state index is 0.0703. The minimum Gasteiger partial charge on any atom is -0.493 e. The number of fused-ring (bicyclic) bond motifs is 1. The molecule has 0 radical (unpaired) electrons. The largest absolute Gasteiger partial charge is 0.493 e. The maximum atomic E-state index is 11.2. The molecule has 0 unspecified atom stereocenters. The van der Waals surface area contributed by atoms with Gasteiger partial charge in [0.2, 0.25) is 15.9 Å². The number of hydrogen-bond donors (Lipinski definition) is 3. The topological polar surface area (TPSA) is 121 Å². The summed E-state index contributed by atoms with van der Waals surface area (Å²) in [6.07, 6.45) is 3.70. The first kappa shape index (κ1) is 15.9. The number of hydrogen-bond acceptors (Lipinski definition) is 5. The lowest BCUT2D eigenvalue weighted by molar-refractivity contribution is 0.459. The Hall–Kier alpha value is -1.97. The molecular weight excluding hydrogens is 384 g/mol. The number of benzene rings is 1. The predicted octanol–water partition coefficient (Wildman–Crippen LogP) is 3.57. The quantitative estimate of drug-likeness (QED) is 0.687. The molecule has 0 aliphatic heterocycles. The lowest BCUT2D eigenvalue weighted by Gasteiger charge is -2.08. The molecule has 0 bridgehead atoms. The van der Waals surface area contributed by atoms with Crippen molar-refractivity contribution >= 4 is 42.5 Å². The van der Waals surface area contributed by atoms with E-state index < -0.39 is 10.0 Å². The molecule has 3 rings (SSSR count). The number of nitrogens with one attached hydrogen (secondary N) is 1. The second kappa shape index (κ2) is 5.91. The van der Waals surface area contributed by atoms with E-state index in [1.54, 1.807) is 6.08 Å². The van der Waals surface area contributed by atoms with Crippen molar-refractivity contribution < 1.29 is 13.5 Å². The van der Waals surface area contributed by atoms with Gasteiger partial charge in [0.25, 0.3) is 0 Å². The van der Waals surface area contributed by atoms with Gasteiger partial charge < -0.3 is 10.1 Å². The molecule has 0 amide bonds. The maximum Gasteiger partial charge on any atom is 0.234 e. The lowest BCUT2D eigenvalue weighted by atomic mass is 10.1. The van der Waals surface area contributed by atoms with Gasteiger partial charge >= 0.3 is 0 Å². The SMILES string of the molecule is NS(=O)(=O)C1=CC=C(N=Nc2c(O)[nH]c3cc(Br)ccc23)CC1. The molecule has 120 valence electrons. The molecule has 23 heavy (non-hydrogen) atoms. The third kappa shape index (κ3) is 3.36. The van der Waals surface area contributed by atoms with Gasteiger partial charge in [-0.15, -0.1) is 5.11 Å². The average molecular weight is 397 g/mol. The number of aromatic nitrogens is 1. The number of halogens is 1. The van der Waals surface area contributed by atoms with Crippen LogP contribution in [-0.2, 0) is 10.0 Å². The Kier molecular flexibility index (Phi) is 4.09. The summed E-state index contributed by atoms with van der Waals surface area (Å²) in [5, 5.41) is 23.9. The van der Waals surface area contributed by atoms with Crippen LogP contribution < -0.4 is 5.14 Å². The van der Waals surface area contributed by atoms with Crippen molar-refractivity contribution in [1.82, 2.24) is 4.98 Å². The van der Waals surface area contributed by atoms with Gasteiger partial charge in [-0.1, -0.05) is 15.9 Å². The van der Waals surface area contributed by atoms with Crippen LogP contribution in [0.2, 0.25) is 0 Å². The highest BCUT2D eigenvalue weighted by Gasteiger charge is 2.16. The highest BCUT2D eigenvalue weighted by molar-refractivity contribution is 9.10. The number of H-pyrrole nitrogens is 1. The molecule has 4 N–H and O–H groups in total. The maximum absolute atomic E-state index is 11.2. The number of rotatable bonds is 3. The van der Waals surface area contributed by atoms with Crippen LogP contribution >= 0.6 is 15.9 Å². The summed E-state index contributed by atoms with van der Waals surface area (Å²) >= 11 is 3.36. The first-order valence-electron chi connectivity index (χ1n) is 6.69. The van der Waals surface area contributed by atoms with Crippen molar-refractivity contribution in [3.63, 3.8) is 0 Å². The van der Waals surface area contributed by atoms with Crippen LogP contribution in [0.4, 0.5) is 5.69 Å². The lowest BCUT2D eigenvalue weighted by Crippen LogP contribution is -2.15. The van der Waals surface area contributed by atoms with Crippen LogP contribution in [0.1, 0.15) is 12.8 Å². The summed E-state index contributed by atoms with van der Waals surface area (Å²) in [5.74, 6) is -0.0703. The second-order valence-corrected chi connectivity index (χ2v) is 7.58. The van der Waals surface area contributed by atoms with Crippen LogP contribution in [-0.4, -0.2) is 18.5 Å². The van der Waals surface area contributed by atoms with Gasteiger partial charge in [0, 0.05) is 9.86 Å². The Morgan fingerprint density at radius 2 is 2.00 bits per heavy atom. The molecule has 1 aliphatic carbocycles. The van der Waals surface area contributed by atoms with E-state index in [4.69, 9.17) is 5.14 Å². The molecular formula is C14H13BrN4O3S. The first-order valence-corrected chi connectivity index (χ1v) is 9.03. The summed E-state index contributed by atoms with van der Waals surface area (Å²) in [4.78, 5) is 3.00. The molecule has 0 saturated carbocycles. The van der Waals surface area contributed by atoms with Crippen molar-refractivity contribution in [3.8, 4) is 5.88 Å². The van der Waals surface area contributed by atoms with E-state index >= 15 is 0 Å². The van der Waals surface area contributed by atoms with Crippen molar-refractivity contribution in [3.05, 3.63) is 45.4 Å². The van der Waals surface area contributed by atoms with Crippen LogP contribution in [0.5, 0.6) is 5.88 Å². The van der Waals surface area contributed by atoms with Crippen molar-refractivity contribution in [2.24, 2.45) is 15.4 Å². The summed E-state index contributed by atoms with van der Waals surface area (Å²) in [5.41, 5.74) is 1.69. The van der Waals surface area contributed by atoms with E-state index in [-0.39, 0.29) is 17.2 Å². The van der Waals surface area contributed by atoms with Gasteiger partial charge in [0.15, 0.2) is 5.69 Å². The van der Waals surface area contributed by atoms with E-state index in [1.165, 1.54) is 6.08 Å². The van der Waals surface area contributed by atoms with Gasteiger partial charge in [-0.2, -0.15) is 5.11 Å². The van der Waals surface area contributed by atoms with Crippen molar-refractivity contribution in [1.29, 1.82) is 0 Å². The average Bonchev–Trinajstić information content (AvgIpc) is 2.79. The van der Waals surface area contributed by atoms with E-state index in [0.29, 0.717) is 17.8 Å². The molecule has 0 fully saturated rings. The predicted molar refractivity (Wildman–Crippen MR) is 90.7 cm³/mol. The van der Waals surface area contributed by atoms with Gasteiger partial charge in [-0.3, -0.25) is 0 Å². The Morgan fingerprint density at radius 3 is 2.65 bits per heavy atom. The third-order valence-electron chi connectivity index (χ3n) is 3.45. The minimum atomic E-state index is -3.65. The summed E-state index contributed by atoms with van der Waals surface area (Å²) < 4.78 is 23.4. The molecule has 1 heterocycles. The molecule has 0 atom stereocenters. The van der Waals surface area contributed by atoms with Gasteiger partial charge in [-0.25, -0.2) is 13.6 Å². The fourth-order valence-electron chi connectivity index (χ4n) is 2.28. The standard InChI is InChI=1S/C14H13BrN4O3S/c15-8-1-6-11-12(7-8)17-14(20)13(11)19-18-9-2-4-10(5-3-9)23(16,21)22/h1-2,4,6-7,17,20H,3,5H2,(H2,16,21,22). The fourth-order valence-corrected chi connectivity index (χ4v) is 3.29. The monoisotopic (exact) mass is 396 g/mol. The highest BCUT2D eigenvalue weighted by atomic mass is 79.9. The number of aromatic hydroxyl groups is 1. The second-order valence-electron chi connectivity index (χ2n) is 5.05. The molecule has 2 aromatic rings. The summed E-state index contributed by atoms with van der Waals surface area (Å²) in [6.45, 7) is 0. The van der Waals surface area contributed by atoms with Gasteiger partial charge in [0.05, 0.1) is 16.1 Å². The van der Waals surface area contributed by atoms with Crippen LogP contribution in [0.3, 0.4) is 0 Å². The highest BCUT2D eigenvalue weighted by Crippen LogP contribution is 2.37. The molecule has 1 aromatic heterocycles. The molecule has 9 heteroatoms. The number of nitrogens with two attached hydrogens (primary N) is 1. The van der Waals surface area contributed by atoms with E-state index in [9.17, 15) is 13.5 Å². The first-order chi connectivity index (χ1) is 10.8. The normalized spacial score (nSPS) is 15.9. The molecule has 1 aliphatic rings. The van der Waals surface area contributed by atoms with E-state index in [0.717, 1.165) is 15.4 Å². The number of sulfonamides is 1.